The molecule has 0 bridgehead atoms. The van der Waals surface area contributed by atoms with E-state index in [2.05, 4.69) is 25.3 Å². The van der Waals surface area contributed by atoms with Crippen molar-refractivity contribution >= 4 is 29.1 Å². The van der Waals surface area contributed by atoms with E-state index in [1.165, 1.54) is 0 Å². The van der Waals surface area contributed by atoms with Crippen molar-refractivity contribution in [1.82, 2.24) is 25.3 Å². The maximum Gasteiger partial charge on any atom is 0.241 e. The van der Waals surface area contributed by atoms with Gasteiger partial charge >= 0.3 is 0 Å². The fraction of sp³-hybridized carbons (Fsp3) is 0.333. The number of likely N-dealkylation sites (tertiary alicyclic amines) is 1. The number of pyridine rings is 1. The molecule has 0 aliphatic carbocycles. The minimum atomic E-state index is -0.0662. The number of carbonyl (C=O) groups excluding carboxylic acids is 1. The van der Waals surface area contributed by atoms with Gasteiger partial charge in [-0.05, 0) is 49.2 Å². The summed E-state index contributed by atoms with van der Waals surface area (Å²) in [7, 11) is 0. The molecule has 30 heavy (non-hydrogen) atoms. The molecule has 2 aromatic heterocycles. The van der Waals surface area contributed by atoms with Gasteiger partial charge < -0.3 is 9.84 Å². The number of nitrogens with one attached hydrogen (secondary N) is 1. The van der Waals surface area contributed by atoms with Crippen LogP contribution in [0.25, 0.3) is 11.4 Å². The molecule has 1 unspecified atom stereocenters. The average Bonchev–Trinajstić information content (AvgIpc) is 3.21. The number of amides is 1. The molecule has 0 saturated carbocycles. The van der Waals surface area contributed by atoms with E-state index in [-0.39, 0.29) is 11.8 Å². The van der Waals surface area contributed by atoms with Gasteiger partial charge in [-0.1, -0.05) is 34.4 Å². The molecule has 4 rings (SSSR count). The Bertz CT molecular complexity index is 1010. The summed E-state index contributed by atoms with van der Waals surface area (Å²) in [5.74, 6) is 0.910. The van der Waals surface area contributed by atoms with E-state index in [1.54, 1.807) is 30.6 Å². The highest BCUT2D eigenvalue weighted by Gasteiger charge is 2.27. The predicted octanol–water partition coefficient (Wildman–Crippen LogP) is 3.97. The molecule has 1 amide bonds. The zero-order valence-electron chi connectivity index (χ0n) is 16.2. The van der Waals surface area contributed by atoms with Crippen LogP contribution in [0, 0.1) is 5.92 Å². The lowest BCUT2D eigenvalue weighted by atomic mass is 9.97. The summed E-state index contributed by atoms with van der Waals surface area (Å²) in [4.78, 5) is 23.3. The first-order valence-corrected chi connectivity index (χ1v) is 10.5. The van der Waals surface area contributed by atoms with Gasteiger partial charge in [-0.15, -0.1) is 0 Å². The van der Waals surface area contributed by atoms with Crippen LogP contribution in [0.1, 0.15) is 24.3 Å². The van der Waals surface area contributed by atoms with E-state index in [0.717, 1.165) is 24.9 Å². The molecule has 1 N–H and O–H groups in total. The number of hydrogen-bond donors (Lipinski definition) is 1. The summed E-state index contributed by atoms with van der Waals surface area (Å²) in [5, 5.41) is 8.06. The first-order chi connectivity index (χ1) is 14.6. The van der Waals surface area contributed by atoms with Gasteiger partial charge in [0.25, 0.3) is 0 Å². The summed E-state index contributed by atoms with van der Waals surface area (Å²) < 4.78 is 5.41. The maximum absolute atomic E-state index is 12.6. The first kappa shape index (κ1) is 20.8. The van der Waals surface area contributed by atoms with Crippen molar-refractivity contribution in [3.05, 3.63) is 64.2 Å². The Morgan fingerprint density at radius 2 is 2.20 bits per heavy atom. The fourth-order valence-electron chi connectivity index (χ4n) is 3.54. The number of halogens is 2. The topological polar surface area (TPSA) is 84.2 Å². The van der Waals surface area contributed by atoms with Gasteiger partial charge in [0.05, 0.1) is 17.5 Å². The van der Waals surface area contributed by atoms with Crippen LogP contribution in [-0.4, -0.2) is 39.0 Å². The summed E-state index contributed by atoms with van der Waals surface area (Å²) in [6.45, 7) is 2.51. The average molecular weight is 446 g/mol. The second-order valence-corrected chi connectivity index (χ2v) is 8.13. The van der Waals surface area contributed by atoms with Crippen molar-refractivity contribution in [2.45, 2.75) is 25.9 Å². The second-order valence-electron chi connectivity index (χ2n) is 7.29. The minimum absolute atomic E-state index is 0.0581. The van der Waals surface area contributed by atoms with Crippen LogP contribution >= 0.6 is 23.2 Å². The van der Waals surface area contributed by atoms with Crippen LogP contribution in [0.5, 0.6) is 0 Å². The lowest BCUT2D eigenvalue weighted by Gasteiger charge is -2.30. The van der Waals surface area contributed by atoms with E-state index in [1.807, 2.05) is 12.1 Å². The van der Waals surface area contributed by atoms with Crippen molar-refractivity contribution in [1.29, 1.82) is 0 Å². The van der Waals surface area contributed by atoms with E-state index in [4.69, 9.17) is 27.7 Å². The monoisotopic (exact) mass is 445 g/mol. The van der Waals surface area contributed by atoms with Gasteiger partial charge in [0.2, 0.25) is 17.6 Å². The number of carbonyl (C=O) groups is 1. The largest absolute Gasteiger partial charge is 0.352 e. The molecule has 1 saturated heterocycles. The van der Waals surface area contributed by atoms with E-state index >= 15 is 0 Å². The van der Waals surface area contributed by atoms with Crippen LogP contribution in [0.4, 0.5) is 0 Å². The summed E-state index contributed by atoms with van der Waals surface area (Å²) in [6.07, 6.45) is 5.28. The maximum atomic E-state index is 12.6. The van der Waals surface area contributed by atoms with Gasteiger partial charge in [-0.25, -0.2) is 0 Å². The smallest absolute Gasteiger partial charge is 0.241 e. The molecular formula is C21H21Cl2N5O2. The fourth-order valence-corrected chi connectivity index (χ4v) is 4.03. The van der Waals surface area contributed by atoms with Gasteiger partial charge in [0.15, 0.2) is 0 Å². The highest BCUT2D eigenvalue weighted by molar-refractivity contribution is 6.36. The quantitative estimate of drug-likeness (QED) is 0.617. The number of nitrogens with zero attached hydrogens (tertiary/aromatic N) is 4. The van der Waals surface area contributed by atoms with E-state index in [9.17, 15) is 4.79 Å². The van der Waals surface area contributed by atoms with Crippen LogP contribution in [-0.2, 0) is 17.9 Å². The first-order valence-electron chi connectivity index (χ1n) is 9.75. The van der Waals surface area contributed by atoms with Crippen LogP contribution < -0.4 is 5.32 Å². The molecule has 1 aliphatic heterocycles. The van der Waals surface area contributed by atoms with Gasteiger partial charge in [0.1, 0.15) is 0 Å². The number of rotatable bonds is 6. The Hall–Kier alpha value is -2.48. The minimum Gasteiger partial charge on any atom is -0.352 e. The molecule has 3 aromatic rings. The number of aromatic nitrogens is 3. The molecule has 1 atom stereocenters. The number of hydrogen-bond acceptors (Lipinski definition) is 6. The lowest BCUT2D eigenvalue weighted by molar-refractivity contribution is -0.127. The summed E-state index contributed by atoms with van der Waals surface area (Å²) in [5.41, 5.74) is 1.65. The van der Waals surface area contributed by atoms with Gasteiger partial charge in [-0.3, -0.25) is 14.7 Å². The highest BCUT2D eigenvalue weighted by Crippen LogP contribution is 2.28. The van der Waals surface area contributed by atoms with Crippen molar-refractivity contribution in [3.63, 3.8) is 0 Å². The Balaban J connectivity index is 1.34. The molecule has 0 spiro atoms. The molecule has 1 fully saturated rings. The van der Waals surface area contributed by atoms with Crippen LogP contribution in [0.2, 0.25) is 10.0 Å². The Labute approximate surface area is 184 Å². The third kappa shape index (κ3) is 5.16. The highest BCUT2D eigenvalue weighted by atomic mass is 35.5. The lowest BCUT2D eigenvalue weighted by Crippen LogP contribution is -2.42. The second kappa shape index (κ2) is 9.55. The number of benzene rings is 1. The molecule has 1 aliphatic rings. The van der Waals surface area contributed by atoms with Gasteiger partial charge in [0, 0.05) is 36.1 Å². The van der Waals surface area contributed by atoms with Crippen molar-refractivity contribution < 1.29 is 9.32 Å². The standard InChI is InChI=1S/C21H21Cl2N5O2/c22-16-5-6-17(18(23)9-16)20-26-19(30-27-20)13-28-8-2-4-15(12-28)21(29)25-11-14-3-1-7-24-10-14/h1,3,5-7,9-10,15H,2,4,8,11-13H2,(H,25,29). The normalized spacial score (nSPS) is 17.1. The molecule has 0 radical (unpaired) electrons. The third-order valence-electron chi connectivity index (χ3n) is 5.06. The molecule has 9 heteroatoms. The van der Waals surface area contributed by atoms with Crippen molar-refractivity contribution in [2.24, 2.45) is 5.92 Å². The molecule has 7 nitrogen and oxygen atoms in total. The molecule has 156 valence electrons. The van der Waals surface area contributed by atoms with Crippen molar-refractivity contribution in [3.8, 4) is 11.4 Å². The van der Waals surface area contributed by atoms with E-state index in [0.29, 0.717) is 47.0 Å². The third-order valence-corrected chi connectivity index (χ3v) is 5.61. The SMILES string of the molecule is O=C(NCc1cccnc1)C1CCCN(Cc2nc(-c3ccc(Cl)cc3Cl)no2)C1. The Morgan fingerprint density at radius 1 is 1.30 bits per heavy atom. The van der Waals surface area contributed by atoms with Crippen LogP contribution in [0.15, 0.2) is 47.2 Å². The molecule has 3 heterocycles. The summed E-state index contributed by atoms with van der Waals surface area (Å²) >= 11 is 12.2. The number of piperidine rings is 1. The molecular weight excluding hydrogens is 425 g/mol. The zero-order valence-corrected chi connectivity index (χ0v) is 17.7. The zero-order chi connectivity index (χ0) is 20.9. The Kier molecular flexibility index (Phi) is 6.62. The van der Waals surface area contributed by atoms with Crippen LogP contribution in [0.3, 0.4) is 0 Å². The van der Waals surface area contributed by atoms with Crippen molar-refractivity contribution in [2.75, 3.05) is 13.1 Å². The van der Waals surface area contributed by atoms with Gasteiger partial charge in [-0.2, -0.15) is 4.98 Å². The van der Waals surface area contributed by atoms with E-state index < -0.39 is 0 Å². The summed E-state index contributed by atoms with van der Waals surface area (Å²) in [6, 6.07) is 8.95. The Morgan fingerprint density at radius 3 is 3.00 bits per heavy atom. The predicted molar refractivity (Wildman–Crippen MR) is 114 cm³/mol. The molecule has 1 aromatic carbocycles.